The summed E-state index contributed by atoms with van der Waals surface area (Å²) in [6.45, 7) is 3.76. The molecule has 1 aliphatic carbocycles. The predicted molar refractivity (Wildman–Crippen MR) is 75.0 cm³/mol. The summed E-state index contributed by atoms with van der Waals surface area (Å²) in [5.41, 5.74) is 0. The first-order chi connectivity index (χ1) is 9.63. The van der Waals surface area contributed by atoms with E-state index >= 15 is 0 Å². The average Bonchev–Trinajstić information content (AvgIpc) is 2.48. The molecule has 2 rings (SSSR count). The van der Waals surface area contributed by atoms with Gasteiger partial charge in [0.05, 0.1) is 6.54 Å². The highest BCUT2D eigenvalue weighted by Gasteiger charge is 2.34. The Hall–Kier alpha value is -1.39. The van der Waals surface area contributed by atoms with Crippen LogP contribution >= 0.6 is 0 Å². The average molecular weight is 280 g/mol. The van der Waals surface area contributed by atoms with Gasteiger partial charge in [-0.05, 0) is 19.3 Å². The van der Waals surface area contributed by atoms with Crippen molar-refractivity contribution < 1.29 is 14.4 Å². The minimum Gasteiger partial charge on any atom is -0.333 e. The van der Waals surface area contributed by atoms with Crippen LogP contribution in [0.3, 0.4) is 0 Å². The van der Waals surface area contributed by atoms with Crippen LogP contribution in [0.1, 0.15) is 45.4 Å². The normalized spacial score (nSPS) is 21.4. The van der Waals surface area contributed by atoms with Gasteiger partial charge in [0.15, 0.2) is 5.78 Å². The molecular formula is C15H24N2O3. The molecular weight excluding hydrogens is 256 g/mol. The first-order valence-electron chi connectivity index (χ1n) is 7.74. The minimum atomic E-state index is -0.506. The van der Waals surface area contributed by atoms with E-state index in [1.807, 2.05) is 6.92 Å². The smallest absolute Gasteiger partial charge is 0.312 e. The van der Waals surface area contributed by atoms with E-state index in [9.17, 15) is 14.4 Å². The summed E-state index contributed by atoms with van der Waals surface area (Å²) in [7, 11) is 0. The summed E-state index contributed by atoms with van der Waals surface area (Å²) >= 11 is 0. The van der Waals surface area contributed by atoms with E-state index in [4.69, 9.17) is 0 Å². The van der Waals surface area contributed by atoms with Gasteiger partial charge in [-0.25, -0.2) is 0 Å². The number of hydrogen-bond donors (Lipinski definition) is 0. The van der Waals surface area contributed by atoms with E-state index in [-0.39, 0.29) is 18.2 Å². The van der Waals surface area contributed by atoms with Crippen LogP contribution in [0.5, 0.6) is 0 Å². The molecule has 0 atom stereocenters. The van der Waals surface area contributed by atoms with E-state index < -0.39 is 11.8 Å². The molecule has 1 saturated heterocycles. The molecule has 1 heterocycles. The first-order valence-corrected chi connectivity index (χ1v) is 7.74. The quantitative estimate of drug-likeness (QED) is 0.711. The lowest BCUT2D eigenvalue weighted by Gasteiger charge is -2.34. The van der Waals surface area contributed by atoms with Crippen molar-refractivity contribution in [2.75, 3.05) is 26.2 Å². The summed E-state index contributed by atoms with van der Waals surface area (Å²) < 4.78 is 0. The zero-order chi connectivity index (χ0) is 14.5. The van der Waals surface area contributed by atoms with Gasteiger partial charge >= 0.3 is 11.8 Å². The Morgan fingerprint density at radius 1 is 1.05 bits per heavy atom. The maximum absolute atomic E-state index is 12.2. The Balaban J connectivity index is 1.88. The van der Waals surface area contributed by atoms with Gasteiger partial charge in [-0.2, -0.15) is 0 Å². The highest BCUT2D eigenvalue weighted by molar-refractivity contribution is 6.35. The third kappa shape index (κ3) is 3.38. The molecule has 0 bridgehead atoms. The molecule has 2 aliphatic rings. The van der Waals surface area contributed by atoms with Gasteiger partial charge in [0.2, 0.25) is 0 Å². The summed E-state index contributed by atoms with van der Waals surface area (Å²) in [5.74, 6) is -0.724. The molecule has 0 radical (unpaired) electrons. The van der Waals surface area contributed by atoms with Crippen LogP contribution in [0, 0.1) is 5.92 Å². The van der Waals surface area contributed by atoms with E-state index in [1.54, 1.807) is 4.90 Å². The molecule has 0 N–H and O–H groups in total. The second-order valence-corrected chi connectivity index (χ2v) is 5.82. The number of rotatable bonds is 5. The molecule has 0 unspecified atom stereocenters. The van der Waals surface area contributed by atoms with Gasteiger partial charge in [-0.15, -0.1) is 0 Å². The Morgan fingerprint density at radius 2 is 1.65 bits per heavy atom. The Labute approximate surface area is 120 Å². The van der Waals surface area contributed by atoms with Crippen molar-refractivity contribution in [3.8, 4) is 0 Å². The zero-order valence-electron chi connectivity index (χ0n) is 12.3. The number of amides is 2. The molecule has 0 aromatic carbocycles. The third-order valence-corrected chi connectivity index (χ3v) is 4.30. The molecule has 5 heteroatoms. The second-order valence-electron chi connectivity index (χ2n) is 5.82. The lowest BCUT2D eigenvalue weighted by Crippen LogP contribution is -2.55. The van der Waals surface area contributed by atoms with Crippen molar-refractivity contribution in [2.45, 2.75) is 45.4 Å². The van der Waals surface area contributed by atoms with Gasteiger partial charge in [-0.1, -0.05) is 26.2 Å². The van der Waals surface area contributed by atoms with E-state index in [0.717, 1.165) is 32.1 Å². The standard InChI is InChI=1S/C15H24N2O3/c1-2-8-16-9-10-17(15(20)14(16)19)11-13(18)12-6-4-3-5-7-12/h12H,2-11H2,1H3. The number of piperazine rings is 1. The van der Waals surface area contributed by atoms with Crippen LogP contribution in [0.25, 0.3) is 0 Å². The fourth-order valence-electron chi connectivity index (χ4n) is 3.09. The van der Waals surface area contributed by atoms with Gasteiger partial charge in [0, 0.05) is 25.6 Å². The molecule has 2 fully saturated rings. The molecule has 1 saturated carbocycles. The molecule has 1 aliphatic heterocycles. The Morgan fingerprint density at radius 3 is 2.30 bits per heavy atom. The van der Waals surface area contributed by atoms with E-state index in [0.29, 0.717) is 19.6 Å². The van der Waals surface area contributed by atoms with Crippen molar-refractivity contribution >= 4 is 17.6 Å². The van der Waals surface area contributed by atoms with Crippen molar-refractivity contribution in [1.82, 2.24) is 9.80 Å². The fourth-order valence-corrected chi connectivity index (χ4v) is 3.09. The predicted octanol–water partition coefficient (Wildman–Crippen LogP) is 1.22. The Kier molecular flexibility index (Phi) is 5.15. The first kappa shape index (κ1) is 15.0. The van der Waals surface area contributed by atoms with Crippen LogP contribution in [-0.2, 0) is 14.4 Å². The number of nitrogens with zero attached hydrogens (tertiary/aromatic N) is 2. The largest absolute Gasteiger partial charge is 0.333 e. The monoisotopic (exact) mass is 280 g/mol. The summed E-state index contributed by atoms with van der Waals surface area (Å²) in [6, 6.07) is 0. The van der Waals surface area contributed by atoms with Crippen LogP contribution in [0.15, 0.2) is 0 Å². The number of carbonyl (C=O) groups excluding carboxylic acids is 3. The fraction of sp³-hybridized carbons (Fsp3) is 0.800. The number of carbonyl (C=O) groups is 3. The van der Waals surface area contributed by atoms with Crippen molar-refractivity contribution in [3.05, 3.63) is 0 Å². The maximum atomic E-state index is 12.2. The van der Waals surface area contributed by atoms with Gasteiger partial charge in [-0.3, -0.25) is 14.4 Å². The van der Waals surface area contributed by atoms with Gasteiger partial charge in [0.1, 0.15) is 0 Å². The van der Waals surface area contributed by atoms with Crippen molar-refractivity contribution in [3.63, 3.8) is 0 Å². The van der Waals surface area contributed by atoms with Gasteiger partial charge in [0.25, 0.3) is 0 Å². The van der Waals surface area contributed by atoms with Crippen LogP contribution in [-0.4, -0.2) is 53.6 Å². The minimum absolute atomic E-state index is 0.0975. The maximum Gasteiger partial charge on any atom is 0.312 e. The molecule has 5 nitrogen and oxygen atoms in total. The number of ketones is 1. The lowest BCUT2D eigenvalue weighted by molar-refractivity contribution is -0.157. The number of hydrogen-bond acceptors (Lipinski definition) is 3. The van der Waals surface area contributed by atoms with Gasteiger partial charge < -0.3 is 9.80 Å². The second kappa shape index (κ2) is 6.86. The molecule has 112 valence electrons. The van der Waals surface area contributed by atoms with Crippen molar-refractivity contribution in [1.29, 1.82) is 0 Å². The highest BCUT2D eigenvalue weighted by atomic mass is 16.2. The summed E-state index contributed by atoms with van der Waals surface area (Å²) in [5, 5.41) is 0. The number of Topliss-reactive ketones (excluding diaryl/α,β-unsaturated/α-hetero) is 1. The van der Waals surface area contributed by atoms with E-state index in [1.165, 1.54) is 11.3 Å². The van der Waals surface area contributed by atoms with Crippen LogP contribution in [0.4, 0.5) is 0 Å². The third-order valence-electron chi connectivity index (χ3n) is 4.30. The topological polar surface area (TPSA) is 57.7 Å². The summed E-state index contributed by atoms with van der Waals surface area (Å²) in [6.07, 6.45) is 6.14. The lowest BCUT2D eigenvalue weighted by atomic mass is 9.86. The molecule has 0 aromatic heterocycles. The van der Waals surface area contributed by atoms with E-state index in [2.05, 4.69) is 0 Å². The zero-order valence-corrected chi connectivity index (χ0v) is 12.3. The van der Waals surface area contributed by atoms with Crippen LogP contribution < -0.4 is 0 Å². The SMILES string of the molecule is CCCN1CCN(CC(=O)C2CCCCC2)C(=O)C1=O. The summed E-state index contributed by atoms with van der Waals surface area (Å²) in [4.78, 5) is 39.1. The van der Waals surface area contributed by atoms with Crippen LogP contribution in [0.2, 0.25) is 0 Å². The molecule has 0 aromatic rings. The molecule has 0 spiro atoms. The molecule has 2 amide bonds. The molecule has 20 heavy (non-hydrogen) atoms. The van der Waals surface area contributed by atoms with Crippen molar-refractivity contribution in [2.24, 2.45) is 5.92 Å². The highest BCUT2D eigenvalue weighted by Crippen LogP contribution is 2.24. The Bertz CT molecular complexity index is 389.